The number of rotatable bonds is 5. The lowest BCUT2D eigenvalue weighted by Crippen LogP contribution is -2.56. The summed E-state index contributed by atoms with van der Waals surface area (Å²) in [6, 6.07) is 3.48. The van der Waals surface area contributed by atoms with Crippen molar-refractivity contribution in [3.63, 3.8) is 0 Å². The molecule has 4 atom stereocenters. The Morgan fingerprint density at radius 3 is 2.79 bits per heavy atom. The van der Waals surface area contributed by atoms with E-state index in [1.54, 1.807) is 11.8 Å². The zero-order valence-electron chi connectivity index (χ0n) is 13.8. The molecular weight excluding hydrogens is 348 g/mol. The number of thioether (sulfide) groups is 1. The summed E-state index contributed by atoms with van der Waals surface area (Å²) in [5.41, 5.74) is -1.16. The molecule has 8 heteroatoms. The van der Waals surface area contributed by atoms with E-state index in [9.17, 15) is 14.4 Å². The van der Waals surface area contributed by atoms with E-state index in [0.717, 1.165) is 9.78 Å². The van der Waals surface area contributed by atoms with Gasteiger partial charge in [0.25, 0.3) is 0 Å². The van der Waals surface area contributed by atoms with Crippen LogP contribution in [0.1, 0.15) is 17.3 Å². The zero-order chi connectivity index (χ0) is 17.5. The van der Waals surface area contributed by atoms with Gasteiger partial charge < -0.3 is 4.74 Å². The van der Waals surface area contributed by atoms with E-state index in [1.807, 2.05) is 23.8 Å². The van der Waals surface area contributed by atoms with E-state index in [0.29, 0.717) is 12.2 Å². The standard InChI is InChI=1S/C16H20N2O4S2/c1-18-13(19)10-11(14(18)20)16(6-8-23-3,15(21)22-2)17-12(10)9-5-4-7-24-9/h4-5,7,10-12,17H,6,8H2,1-3H3/t10-,11+,12+,16+/m0/s1. The van der Waals surface area contributed by atoms with Crippen LogP contribution in [-0.2, 0) is 19.1 Å². The number of amides is 2. The van der Waals surface area contributed by atoms with Gasteiger partial charge >= 0.3 is 5.97 Å². The Balaban J connectivity index is 2.10. The van der Waals surface area contributed by atoms with E-state index in [2.05, 4.69) is 5.32 Å². The first-order chi connectivity index (χ1) is 11.5. The van der Waals surface area contributed by atoms with Crippen molar-refractivity contribution in [1.82, 2.24) is 10.2 Å². The number of carbonyl (C=O) groups is 3. The molecule has 0 spiro atoms. The molecule has 0 unspecified atom stereocenters. The zero-order valence-corrected chi connectivity index (χ0v) is 15.4. The van der Waals surface area contributed by atoms with Gasteiger partial charge in [0.1, 0.15) is 5.54 Å². The molecule has 0 saturated carbocycles. The van der Waals surface area contributed by atoms with Crippen LogP contribution in [0.25, 0.3) is 0 Å². The number of ether oxygens (including phenoxy) is 1. The Labute approximate surface area is 148 Å². The summed E-state index contributed by atoms with van der Waals surface area (Å²) >= 11 is 3.11. The SMILES string of the molecule is COC(=O)[C@]1(CCSC)N[C@H](c2cccs2)[C@H]2C(=O)N(C)C(=O)[C@@H]21. The van der Waals surface area contributed by atoms with Crippen LogP contribution in [0.5, 0.6) is 0 Å². The van der Waals surface area contributed by atoms with Crippen LogP contribution in [0.15, 0.2) is 17.5 Å². The van der Waals surface area contributed by atoms with Gasteiger partial charge in [-0.1, -0.05) is 6.07 Å². The van der Waals surface area contributed by atoms with Gasteiger partial charge in [0.05, 0.1) is 25.0 Å². The molecule has 0 aliphatic carbocycles. The fourth-order valence-electron chi connectivity index (χ4n) is 3.82. The normalized spacial score (nSPS) is 32.3. The summed E-state index contributed by atoms with van der Waals surface area (Å²) < 4.78 is 5.04. The number of nitrogens with zero attached hydrogens (tertiary/aromatic N) is 1. The minimum atomic E-state index is -1.16. The third kappa shape index (κ3) is 2.39. The topological polar surface area (TPSA) is 75.7 Å². The molecule has 2 amide bonds. The second kappa shape index (κ2) is 6.50. The maximum Gasteiger partial charge on any atom is 0.326 e. The van der Waals surface area contributed by atoms with Gasteiger partial charge in [-0.3, -0.25) is 24.6 Å². The highest BCUT2D eigenvalue weighted by Crippen LogP contribution is 2.50. The molecule has 1 N–H and O–H groups in total. The molecule has 0 aromatic carbocycles. The number of nitrogens with one attached hydrogen (secondary N) is 1. The van der Waals surface area contributed by atoms with Crippen LogP contribution < -0.4 is 5.32 Å². The Morgan fingerprint density at radius 1 is 1.46 bits per heavy atom. The average molecular weight is 368 g/mol. The number of hydrogen-bond acceptors (Lipinski definition) is 7. The van der Waals surface area contributed by atoms with E-state index in [1.165, 1.54) is 25.5 Å². The maximum atomic E-state index is 12.8. The first-order valence-corrected chi connectivity index (χ1v) is 9.95. The Morgan fingerprint density at radius 2 is 2.21 bits per heavy atom. The first-order valence-electron chi connectivity index (χ1n) is 7.67. The molecule has 130 valence electrons. The summed E-state index contributed by atoms with van der Waals surface area (Å²) in [7, 11) is 2.81. The van der Waals surface area contributed by atoms with Gasteiger partial charge in [-0.05, 0) is 29.9 Å². The average Bonchev–Trinajstić information content (AvgIpc) is 3.27. The minimum Gasteiger partial charge on any atom is -0.468 e. The van der Waals surface area contributed by atoms with Gasteiger partial charge in [-0.2, -0.15) is 11.8 Å². The summed E-state index contributed by atoms with van der Waals surface area (Å²) in [5, 5.41) is 5.26. The van der Waals surface area contributed by atoms with Crippen LogP contribution in [0, 0.1) is 11.8 Å². The number of fused-ring (bicyclic) bond motifs is 1. The molecule has 2 saturated heterocycles. The third-order valence-electron chi connectivity index (χ3n) is 4.97. The molecule has 1 aromatic rings. The number of carbonyl (C=O) groups excluding carboxylic acids is 3. The summed E-state index contributed by atoms with van der Waals surface area (Å²) in [5.74, 6) is -1.60. The molecule has 0 bridgehead atoms. The van der Waals surface area contributed by atoms with E-state index in [-0.39, 0.29) is 17.9 Å². The van der Waals surface area contributed by atoms with Crippen molar-refractivity contribution < 1.29 is 19.1 Å². The van der Waals surface area contributed by atoms with Gasteiger partial charge in [0.15, 0.2) is 0 Å². The molecule has 0 radical (unpaired) electrons. The monoisotopic (exact) mass is 368 g/mol. The van der Waals surface area contributed by atoms with Crippen molar-refractivity contribution in [2.45, 2.75) is 18.0 Å². The molecule has 2 fully saturated rings. The van der Waals surface area contributed by atoms with Gasteiger partial charge in [-0.25, -0.2) is 0 Å². The molecule has 24 heavy (non-hydrogen) atoms. The highest BCUT2D eigenvalue weighted by Gasteiger charge is 2.68. The van der Waals surface area contributed by atoms with E-state index in [4.69, 9.17) is 4.74 Å². The van der Waals surface area contributed by atoms with Crippen molar-refractivity contribution in [2.24, 2.45) is 11.8 Å². The van der Waals surface area contributed by atoms with Gasteiger partial charge in [0.2, 0.25) is 11.8 Å². The van der Waals surface area contributed by atoms with E-state index >= 15 is 0 Å². The molecule has 1 aromatic heterocycles. The number of methoxy groups -OCH3 is 1. The highest BCUT2D eigenvalue weighted by atomic mass is 32.2. The van der Waals surface area contributed by atoms with Crippen molar-refractivity contribution in [1.29, 1.82) is 0 Å². The number of likely N-dealkylation sites (tertiary alicyclic amines) is 1. The second-order valence-electron chi connectivity index (χ2n) is 6.08. The predicted molar refractivity (Wildman–Crippen MR) is 92.7 cm³/mol. The summed E-state index contributed by atoms with van der Waals surface area (Å²) in [4.78, 5) is 40.3. The predicted octanol–water partition coefficient (Wildman–Crippen LogP) is 1.29. The van der Waals surface area contributed by atoms with Gasteiger partial charge in [0, 0.05) is 11.9 Å². The molecule has 3 rings (SSSR count). The van der Waals surface area contributed by atoms with E-state index < -0.39 is 23.3 Å². The Bertz CT molecular complexity index is 663. The second-order valence-corrected chi connectivity index (χ2v) is 8.05. The van der Waals surface area contributed by atoms with Crippen molar-refractivity contribution >= 4 is 40.9 Å². The molecular formula is C16H20N2O4S2. The molecule has 2 aliphatic rings. The third-order valence-corrected chi connectivity index (χ3v) is 6.54. The van der Waals surface area contributed by atoms with Crippen molar-refractivity contribution in [2.75, 3.05) is 26.2 Å². The molecule has 2 aliphatic heterocycles. The fraction of sp³-hybridized carbons (Fsp3) is 0.562. The summed E-state index contributed by atoms with van der Waals surface area (Å²) in [6.07, 6.45) is 2.39. The smallest absolute Gasteiger partial charge is 0.326 e. The first kappa shape index (κ1) is 17.4. The number of imide groups is 1. The quantitative estimate of drug-likeness (QED) is 0.623. The van der Waals surface area contributed by atoms with Crippen LogP contribution in [0.2, 0.25) is 0 Å². The van der Waals surface area contributed by atoms with Crippen LogP contribution >= 0.6 is 23.1 Å². The van der Waals surface area contributed by atoms with Crippen molar-refractivity contribution in [3.05, 3.63) is 22.4 Å². The van der Waals surface area contributed by atoms with Crippen LogP contribution in [0.3, 0.4) is 0 Å². The largest absolute Gasteiger partial charge is 0.468 e. The highest BCUT2D eigenvalue weighted by molar-refractivity contribution is 7.98. The summed E-state index contributed by atoms with van der Waals surface area (Å²) in [6.45, 7) is 0. The number of hydrogen-bond donors (Lipinski definition) is 1. The Kier molecular flexibility index (Phi) is 4.72. The van der Waals surface area contributed by atoms with Gasteiger partial charge in [-0.15, -0.1) is 11.3 Å². The molecule has 3 heterocycles. The molecule has 6 nitrogen and oxygen atoms in total. The number of esters is 1. The Hall–Kier alpha value is -1.38. The lowest BCUT2D eigenvalue weighted by atomic mass is 9.78. The fourth-order valence-corrected chi connectivity index (χ4v) is 5.17. The van der Waals surface area contributed by atoms with Crippen molar-refractivity contribution in [3.8, 4) is 0 Å². The maximum absolute atomic E-state index is 12.8. The van der Waals surface area contributed by atoms with Crippen LogP contribution in [0.4, 0.5) is 0 Å². The lowest BCUT2D eigenvalue weighted by molar-refractivity contribution is -0.154. The number of thiophene rings is 1. The lowest BCUT2D eigenvalue weighted by Gasteiger charge is -2.31. The van der Waals surface area contributed by atoms with Crippen LogP contribution in [-0.4, -0.2) is 54.4 Å². The minimum absolute atomic E-state index is 0.231.